The van der Waals surface area contributed by atoms with Crippen LogP contribution in [0.4, 0.5) is 0 Å². The number of guanidine groups is 1. The predicted molar refractivity (Wildman–Crippen MR) is 114 cm³/mol. The molecule has 0 amide bonds. The Bertz CT molecular complexity index is 784. The molecule has 5 nitrogen and oxygen atoms in total. The lowest BCUT2D eigenvalue weighted by Gasteiger charge is -2.33. The highest BCUT2D eigenvalue weighted by Gasteiger charge is 2.20. The fraction of sp³-hybridized carbons (Fsp3) is 0.391. The number of rotatable bonds is 6. The van der Waals surface area contributed by atoms with E-state index < -0.39 is 0 Å². The molecule has 0 radical (unpaired) electrons. The van der Waals surface area contributed by atoms with E-state index in [1.165, 1.54) is 5.56 Å². The number of piperidine rings is 1. The summed E-state index contributed by atoms with van der Waals surface area (Å²) in [4.78, 5) is 7.24. The van der Waals surface area contributed by atoms with Gasteiger partial charge in [0, 0.05) is 32.2 Å². The van der Waals surface area contributed by atoms with Crippen molar-refractivity contribution in [2.45, 2.75) is 38.9 Å². The van der Waals surface area contributed by atoms with Crippen molar-refractivity contribution in [3.8, 4) is 6.07 Å². The standard InChI is InChI=1S/C23H29N5/c1-2-25-23(26-17-20-10-8-19(16-24)9-11-20)27-22-12-14-28(15-13-22)18-21-6-4-3-5-7-21/h3-11,22H,2,12-15,17-18H2,1H3,(H2,25,26,27). The number of nitrogens with zero attached hydrogens (tertiary/aromatic N) is 3. The van der Waals surface area contributed by atoms with Crippen molar-refractivity contribution in [1.82, 2.24) is 15.5 Å². The zero-order valence-corrected chi connectivity index (χ0v) is 16.6. The van der Waals surface area contributed by atoms with Crippen molar-refractivity contribution < 1.29 is 0 Å². The summed E-state index contributed by atoms with van der Waals surface area (Å²) in [6.07, 6.45) is 2.24. The van der Waals surface area contributed by atoms with E-state index >= 15 is 0 Å². The van der Waals surface area contributed by atoms with Crippen molar-refractivity contribution in [2.24, 2.45) is 4.99 Å². The molecule has 1 fully saturated rings. The minimum atomic E-state index is 0.450. The topological polar surface area (TPSA) is 63.5 Å². The van der Waals surface area contributed by atoms with Gasteiger partial charge in [-0.3, -0.25) is 4.90 Å². The van der Waals surface area contributed by atoms with Gasteiger partial charge < -0.3 is 10.6 Å². The molecule has 0 aromatic heterocycles. The first-order valence-corrected chi connectivity index (χ1v) is 10.1. The van der Waals surface area contributed by atoms with Crippen LogP contribution >= 0.6 is 0 Å². The van der Waals surface area contributed by atoms with E-state index in [1.807, 2.05) is 24.3 Å². The normalized spacial score (nSPS) is 15.8. The maximum absolute atomic E-state index is 8.90. The van der Waals surface area contributed by atoms with Gasteiger partial charge in [0.1, 0.15) is 0 Å². The highest BCUT2D eigenvalue weighted by Crippen LogP contribution is 2.14. The average Bonchev–Trinajstić information content (AvgIpc) is 2.75. The Hall–Kier alpha value is -2.84. The Labute approximate surface area is 168 Å². The summed E-state index contributed by atoms with van der Waals surface area (Å²) < 4.78 is 0. The second-order valence-electron chi connectivity index (χ2n) is 7.18. The van der Waals surface area contributed by atoms with Crippen LogP contribution in [0.2, 0.25) is 0 Å². The first kappa shape index (κ1) is 19.9. The number of likely N-dealkylation sites (tertiary alicyclic amines) is 1. The molecule has 1 aliphatic rings. The van der Waals surface area contributed by atoms with Gasteiger partial charge in [-0.05, 0) is 43.0 Å². The molecule has 0 saturated carbocycles. The lowest BCUT2D eigenvalue weighted by Crippen LogP contribution is -2.48. The van der Waals surface area contributed by atoms with Crippen LogP contribution in [-0.4, -0.2) is 36.5 Å². The van der Waals surface area contributed by atoms with E-state index in [4.69, 9.17) is 10.3 Å². The number of nitrogens with one attached hydrogen (secondary N) is 2. The van der Waals surface area contributed by atoms with E-state index in [0.717, 1.165) is 50.5 Å². The third-order valence-corrected chi connectivity index (χ3v) is 5.02. The Kier molecular flexibility index (Phi) is 7.45. The van der Waals surface area contributed by atoms with Crippen LogP contribution in [0, 0.1) is 11.3 Å². The van der Waals surface area contributed by atoms with E-state index in [0.29, 0.717) is 18.2 Å². The van der Waals surface area contributed by atoms with Crippen molar-refractivity contribution in [3.63, 3.8) is 0 Å². The van der Waals surface area contributed by atoms with Gasteiger partial charge in [-0.25, -0.2) is 4.99 Å². The molecule has 28 heavy (non-hydrogen) atoms. The molecule has 0 bridgehead atoms. The fourth-order valence-electron chi connectivity index (χ4n) is 3.45. The Morgan fingerprint density at radius 1 is 1.07 bits per heavy atom. The molecule has 5 heteroatoms. The Morgan fingerprint density at radius 2 is 1.79 bits per heavy atom. The second kappa shape index (κ2) is 10.5. The predicted octanol–water partition coefficient (Wildman–Crippen LogP) is 3.28. The van der Waals surface area contributed by atoms with Gasteiger partial charge in [-0.1, -0.05) is 42.5 Å². The molecule has 1 aliphatic heterocycles. The second-order valence-corrected chi connectivity index (χ2v) is 7.18. The molecule has 0 spiro atoms. The number of aliphatic imine (C=N–C) groups is 1. The molecule has 146 valence electrons. The summed E-state index contributed by atoms with van der Waals surface area (Å²) in [5.41, 5.74) is 3.17. The zero-order valence-electron chi connectivity index (χ0n) is 16.6. The van der Waals surface area contributed by atoms with Crippen molar-refractivity contribution in [1.29, 1.82) is 5.26 Å². The molecular formula is C23H29N5. The summed E-state index contributed by atoms with van der Waals surface area (Å²) in [5.74, 6) is 0.869. The molecule has 0 atom stereocenters. The maximum atomic E-state index is 8.90. The minimum absolute atomic E-state index is 0.450. The number of hydrogen-bond donors (Lipinski definition) is 2. The quantitative estimate of drug-likeness (QED) is 0.601. The van der Waals surface area contributed by atoms with E-state index in [2.05, 4.69) is 58.9 Å². The van der Waals surface area contributed by atoms with Crippen molar-refractivity contribution >= 4 is 5.96 Å². The fourth-order valence-corrected chi connectivity index (χ4v) is 3.45. The van der Waals surface area contributed by atoms with Crippen LogP contribution in [0.15, 0.2) is 59.6 Å². The van der Waals surface area contributed by atoms with Gasteiger partial charge in [0.15, 0.2) is 5.96 Å². The minimum Gasteiger partial charge on any atom is -0.357 e. The molecule has 2 aromatic carbocycles. The zero-order chi connectivity index (χ0) is 19.6. The first-order valence-electron chi connectivity index (χ1n) is 10.1. The van der Waals surface area contributed by atoms with Crippen LogP contribution in [0.3, 0.4) is 0 Å². The third kappa shape index (κ3) is 6.11. The molecule has 1 saturated heterocycles. The summed E-state index contributed by atoms with van der Waals surface area (Å²) in [5, 5.41) is 15.8. The SMILES string of the molecule is CCNC(=NCc1ccc(C#N)cc1)NC1CCN(Cc2ccccc2)CC1. The summed E-state index contributed by atoms with van der Waals surface area (Å²) in [7, 11) is 0. The van der Waals surface area contributed by atoms with Crippen molar-refractivity contribution in [3.05, 3.63) is 71.3 Å². The molecule has 3 rings (SSSR count). The molecule has 1 heterocycles. The van der Waals surface area contributed by atoms with Crippen LogP contribution in [-0.2, 0) is 13.1 Å². The van der Waals surface area contributed by atoms with E-state index in [9.17, 15) is 0 Å². The van der Waals surface area contributed by atoms with Gasteiger partial charge in [0.2, 0.25) is 0 Å². The number of benzene rings is 2. The summed E-state index contributed by atoms with van der Waals surface area (Å²) >= 11 is 0. The van der Waals surface area contributed by atoms with Crippen LogP contribution in [0.1, 0.15) is 36.5 Å². The van der Waals surface area contributed by atoms with Crippen LogP contribution in [0.25, 0.3) is 0 Å². The highest BCUT2D eigenvalue weighted by atomic mass is 15.2. The Morgan fingerprint density at radius 3 is 2.43 bits per heavy atom. The molecule has 0 unspecified atom stereocenters. The third-order valence-electron chi connectivity index (χ3n) is 5.02. The molecule has 2 aromatic rings. The smallest absolute Gasteiger partial charge is 0.191 e. The van der Waals surface area contributed by atoms with E-state index in [-0.39, 0.29) is 0 Å². The number of hydrogen-bond acceptors (Lipinski definition) is 3. The van der Waals surface area contributed by atoms with Gasteiger partial charge >= 0.3 is 0 Å². The first-order chi connectivity index (χ1) is 13.8. The molecule has 0 aliphatic carbocycles. The van der Waals surface area contributed by atoms with Crippen molar-refractivity contribution in [2.75, 3.05) is 19.6 Å². The van der Waals surface area contributed by atoms with Gasteiger partial charge in [-0.2, -0.15) is 5.26 Å². The van der Waals surface area contributed by atoms with Gasteiger partial charge in [-0.15, -0.1) is 0 Å². The van der Waals surface area contributed by atoms with Gasteiger partial charge in [0.25, 0.3) is 0 Å². The average molecular weight is 376 g/mol. The van der Waals surface area contributed by atoms with Gasteiger partial charge in [0.05, 0.1) is 18.2 Å². The summed E-state index contributed by atoms with van der Waals surface area (Å²) in [6, 6.07) is 20.9. The van der Waals surface area contributed by atoms with Crippen LogP contribution < -0.4 is 10.6 Å². The highest BCUT2D eigenvalue weighted by molar-refractivity contribution is 5.80. The lowest BCUT2D eigenvalue weighted by atomic mass is 10.0. The largest absolute Gasteiger partial charge is 0.357 e. The molecule has 2 N–H and O–H groups in total. The monoisotopic (exact) mass is 375 g/mol. The molecular weight excluding hydrogens is 346 g/mol. The maximum Gasteiger partial charge on any atom is 0.191 e. The number of nitriles is 1. The lowest BCUT2D eigenvalue weighted by molar-refractivity contribution is 0.198. The van der Waals surface area contributed by atoms with Crippen LogP contribution in [0.5, 0.6) is 0 Å². The van der Waals surface area contributed by atoms with E-state index in [1.54, 1.807) is 0 Å². The summed E-state index contributed by atoms with van der Waals surface area (Å²) in [6.45, 7) is 6.75. The Balaban J connectivity index is 1.49.